The fraction of sp³-hybridized carbons (Fsp3) is 0.231. The van der Waals surface area contributed by atoms with Crippen molar-refractivity contribution in [1.82, 2.24) is 10.3 Å². The number of hydrazone groups is 1. The zero-order valence-corrected chi connectivity index (χ0v) is 18.8. The van der Waals surface area contributed by atoms with Crippen molar-refractivity contribution >= 4 is 24.0 Å². The highest BCUT2D eigenvalue weighted by Crippen LogP contribution is 2.27. The van der Waals surface area contributed by atoms with Gasteiger partial charge in [-0.2, -0.15) is 5.10 Å². The highest BCUT2D eigenvalue weighted by Gasteiger charge is 2.31. The number of nitrogens with one attached hydrogen (secondary N) is 1. The van der Waals surface area contributed by atoms with E-state index in [1.165, 1.54) is 6.21 Å². The Morgan fingerprint density at radius 1 is 1.12 bits per heavy atom. The summed E-state index contributed by atoms with van der Waals surface area (Å²) < 4.78 is 10.7. The monoisotopic (exact) mass is 459 g/mol. The Morgan fingerprint density at radius 3 is 2.62 bits per heavy atom. The maximum absolute atomic E-state index is 12.3. The largest absolute Gasteiger partial charge is 0.462 e. The lowest BCUT2D eigenvalue weighted by Crippen LogP contribution is -2.36. The van der Waals surface area contributed by atoms with Crippen LogP contribution in [-0.4, -0.2) is 48.6 Å². The number of nitrogens with zero attached hydrogens (tertiary/aromatic N) is 2. The predicted molar refractivity (Wildman–Crippen MR) is 126 cm³/mol. The Balaban J connectivity index is 1.28. The SMILES string of the molecule is CCOC(=O)c1ccc(-c2ccc(/C=N\NC(=O)CN3C[C@@H](c4ccccc4)CC3=O)o2)cc1. The molecule has 1 aromatic heterocycles. The van der Waals surface area contributed by atoms with E-state index in [1.807, 2.05) is 30.3 Å². The molecular weight excluding hydrogens is 434 g/mol. The summed E-state index contributed by atoms with van der Waals surface area (Å²) in [5, 5.41) is 3.93. The van der Waals surface area contributed by atoms with E-state index in [0.29, 0.717) is 36.7 Å². The normalized spacial score (nSPS) is 15.6. The predicted octanol–water partition coefficient (Wildman–Crippen LogP) is 3.59. The molecule has 0 bridgehead atoms. The minimum Gasteiger partial charge on any atom is -0.462 e. The van der Waals surface area contributed by atoms with E-state index in [4.69, 9.17) is 9.15 Å². The molecule has 0 aliphatic carbocycles. The van der Waals surface area contributed by atoms with Gasteiger partial charge in [-0.3, -0.25) is 9.59 Å². The minimum absolute atomic E-state index is 0.0439. The Morgan fingerprint density at radius 2 is 1.88 bits per heavy atom. The van der Waals surface area contributed by atoms with E-state index < -0.39 is 0 Å². The molecule has 0 spiro atoms. The molecule has 8 nitrogen and oxygen atoms in total. The van der Waals surface area contributed by atoms with Crippen molar-refractivity contribution in [3.05, 3.63) is 83.6 Å². The van der Waals surface area contributed by atoms with Gasteiger partial charge in [-0.25, -0.2) is 10.2 Å². The van der Waals surface area contributed by atoms with Crippen LogP contribution in [-0.2, 0) is 14.3 Å². The summed E-state index contributed by atoms with van der Waals surface area (Å²) in [6.07, 6.45) is 1.80. The number of hydrogen-bond donors (Lipinski definition) is 1. The first kappa shape index (κ1) is 23.0. The molecule has 1 N–H and O–H groups in total. The van der Waals surface area contributed by atoms with Gasteiger partial charge >= 0.3 is 5.97 Å². The number of furan rings is 1. The first-order chi connectivity index (χ1) is 16.5. The second kappa shape index (κ2) is 10.6. The molecule has 0 saturated carbocycles. The van der Waals surface area contributed by atoms with E-state index in [2.05, 4.69) is 10.5 Å². The lowest BCUT2D eigenvalue weighted by atomic mass is 9.99. The molecule has 2 aromatic carbocycles. The number of carbonyl (C=O) groups is 3. The van der Waals surface area contributed by atoms with Crippen molar-refractivity contribution in [2.75, 3.05) is 19.7 Å². The highest BCUT2D eigenvalue weighted by molar-refractivity contribution is 5.90. The topological polar surface area (TPSA) is 101 Å². The van der Waals surface area contributed by atoms with Gasteiger partial charge in [0.25, 0.3) is 5.91 Å². The standard InChI is InChI=1S/C26H25N3O5/c1-2-33-26(32)20-10-8-19(9-11-20)23-13-12-22(34-23)15-27-28-24(30)17-29-16-21(14-25(29)31)18-6-4-3-5-7-18/h3-13,15,21H,2,14,16-17H2,1H3,(H,28,30)/b27-15-/t21-/m0/s1. The maximum atomic E-state index is 12.3. The second-order valence-corrected chi connectivity index (χ2v) is 7.88. The second-order valence-electron chi connectivity index (χ2n) is 7.88. The molecule has 3 aromatic rings. The maximum Gasteiger partial charge on any atom is 0.338 e. The van der Waals surface area contributed by atoms with Crippen LogP contribution in [0, 0.1) is 0 Å². The summed E-state index contributed by atoms with van der Waals surface area (Å²) in [5.74, 6) is 0.349. The van der Waals surface area contributed by atoms with Gasteiger partial charge in [0, 0.05) is 24.4 Å². The number of benzene rings is 2. The summed E-state index contributed by atoms with van der Waals surface area (Å²) in [5.41, 5.74) is 4.79. The van der Waals surface area contributed by atoms with Crippen molar-refractivity contribution in [1.29, 1.82) is 0 Å². The molecule has 2 amide bonds. The first-order valence-corrected chi connectivity index (χ1v) is 11.1. The van der Waals surface area contributed by atoms with Crippen molar-refractivity contribution in [2.45, 2.75) is 19.3 Å². The van der Waals surface area contributed by atoms with E-state index >= 15 is 0 Å². The average molecular weight is 460 g/mol. The quantitative estimate of drug-likeness (QED) is 0.315. The van der Waals surface area contributed by atoms with Gasteiger partial charge in [0.2, 0.25) is 5.91 Å². The van der Waals surface area contributed by atoms with Crippen LogP contribution >= 0.6 is 0 Å². The van der Waals surface area contributed by atoms with Crippen LogP contribution in [0.4, 0.5) is 0 Å². The molecule has 0 unspecified atom stereocenters. The number of hydrogen-bond acceptors (Lipinski definition) is 6. The molecule has 34 heavy (non-hydrogen) atoms. The summed E-state index contributed by atoms with van der Waals surface area (Å²) >= 11 is 0. The Labute approximate surface area is 197 Å². The Hall–Kier alpha value is -4.20. The molecule has 4 rings (SSSR count). The van der Waals surface area contributed by atoms with Gasteiger partial charge in [-0.15, -0.1) is 0 Å². The lowest BCUT2D eigenvalue weighted by Gasteiger charge is -2.15. The number of ether oxygens (including phenoxy) is 1. The smallest absolute Gasteiger partial charge is 0.338 e. The van der Waals surface area contributed by atoms with Gasteiger partial charge < -0.3 is 14.1 Å². The fourth-order valence-electron chi connectivity index (χ4n) is 3.81. The van der Waals surface area contributed by atoms with Crippen LogP contribution in [0.15, 0.2) is 76.2 Å². The van der Waals surface area contributed by atoms with Crippen molar-refractivity contribution in [2.24, 2.45) is 5.10 Å². The first-order valence-electron chi connectivity index (χ1n) is 11.1. The van der Waals surface area contributed by atoms with Crippen LogP contribution in [0.3, 0.4) is 0 Å². The molecule has 2 heterocycles. The molecule has 174 valence electrons. The van der Waals surface area contributed by atoms with Crippen LogP contribution in [0.1, 0.15) is 40.9 Å². The van der Waals surface area contributed by atoms with Crippen LogP contribution in [0.2, 0.25) is 0 Å². The third kappa shape index (κ3) is 5.58. The van der Waals surface area contributed by atoms with Gasteiger partial charge in [0.1, 0.15) is 18.1 Å². The zero-order valence-electron chi connectivity index (χ0n) is 18.8. The summed E-state index contributed by atoms with van der Waals surface area (Å²) in [7, 11) is 0. The number of amides is 2. The fourth-order valence-corrected chi connectivity index (χ4v) is 3.81. The van der Waals surface area contributed by atoms with Gasteiger partial charge in [0.15, 0.2) is 0 Å². The molecule has 1 saturated heterocycles. The number of carbonyl (C=O) groups excluding carboxylic acids is 3. The summed E-state index contributed by atoms with van der Waals surface area (Å²) in [6.45, 7) is 2.54. The van der Waals surface area contributed by atoms with E-state index in [-0.39, 0.29) is 30.2 Å². The van der Waals surface area contributed by atoms with Gasteiger partial charge in [0.05, 0.1) is 18.4 Å². The molecule has 8 heteroatoms. The van der Waals surface area contributed by atoms with Crippen LogP contribution < -0.4 is 5.43 Å². The number of rotatable bonds is 8. The third-order valence-corrected chi connectivity index (χ3v) is 5.51. The zero-order chi connectivity index (χ0) is 23.9. The molecule has 0 radical (unpaired) electrons. The number of esters is 1. The average Bonchev–Trinajstić information content (AvgIpc) is 3.47. The van der Waals surface area contributed by atoms with Crippen molar-refractivity contribution in [3.8, 4) is 11.3 Å². The minimum atomic E-state index is -0.375. The molecule has 1 fully saturated rings. The van der Waals surface area contributed by atoms with E-state index in [1.54, 1.807) is 48.2 Å². The van der Waals surface area contributed by atoms with Crippen molar-refractivity contribution in [3.63, 3.8) is 0 Å². The van der Waals surface area contributed by atoms with Crippen LogP contribution in [0.25, 0.3) is 11.3 Å². The Kier molecular flexibility index (Phi) is 7.17. The third-order valence-electron chi connectivity index (χ3n) is 5.51. The van der Waals surface area contributed by atoms with Gasteiger partial charge in [-0.05, 0) is 36.8 Å². The highest BCUT2D eigenvalue weighted by atomic mass is 16.5. The Bertz CT molecular complexity index is 1180. The number of likely N-dealkylation sites (tertiary alicyclic amines) is 1. The molecule has 1 aliphatic rings. The van der Waals surface area contributed by atoms with E-state index in [9.17, 15) is 14.4 Å². The summed E-state index contributed by atoms with van der Waals surface area (Å²) in [6, 6.07) is 20.2. The molecule has 1 atom stereocenters. The van der Waals surface area contributed by atoms with Crippen molar-refractivity contribution < 1.29 is 23.5 Å². The summed E-state index contributed by atoms with van der Waals surface area (Å²) in [4.78, 5) is 37.8. The molecule has 1 aliphatic heterocycles. The molecular formula is C26H25N3O5. The van der Waals surface area contributed by atoms with Crippen LogP contribution in [0.5, 0.6) is 0 Å². The van der Waals surface area contributed by atoms with E-state index in [0.717, 1.165) is 11.1 Å². The lowest BCUT2D eigenvalue weighted by molar-refractivity contribution is -0.133. The van der Waals surface area contributed by atoms with Gasteiger partial charge in [-0.1, -0.05) is 42.5 Å².